The standard InChI is InChI=1S/C8H22N2O2S/c1-9(2,3)7-13(11,12)8-10(4,5)6/h7-8H2,1-6H3/q+2. The van der Waals surface area contributed by atoms with Crippen LogP contribution in [-0.2, 0) is 9.84 Å². The van der Waals surface area contributed by atoms with Gasteiger partial charge in [-0.05, 0) is 0 Å². The minimum Gasteiger partial charge on any atom is -0.318 e. The summed E-state index contributed by atoms with van der Waals surface area (Å²) in [5.74, 6) is 0.394. The Morgan fingerprint density at radius 2 is 1.00 bits per heavy atom. The van der Waals surface area contributed by atoms with Crippen LogP contribution in [0.15, 0.2) is 0 Å². The number of sulfone groups is 1. The molecule has 0 saturated heterocycles. The number of hydrogen-bond donors (Lipinski definition) is 0. The molecule has 0 aromatic rings. The lowest BCUT2D eigenvalue weighted by molar-refractivity contribution is -0.866. The van der Waals surface area contributed by atoms with E-state index in [0.717, 1.165) is 0 Å². The first-order valence-corrected chi connectivity index (χ1v) is 6.05. The third kappa shape index (κ3) is 8.21. The first kappa shape index (κ1) is 12.9. The third-order valence-electron chi connectivity index (χ3n) is 1.17. The molecule has 0 heterocycles. The van der Waals surface area contributed by atoms with Crippen molar-refractivity contribution < 1.29 is 17.4 Å². The number of hydrogen-bond acceptors (Lipinski definition) is 2. The Labute approximate surface area is 81.9 Å². The van der Waals surface area contributed by atoms with Gasteiger partial charge in [-0.1, -0.05) is 0 Å². The van der Waals surface area contributed by atoms with Gasteiger partial charge in [0.25, 0.3) is 9.84 Å². The van der Waals surface area contributed by atoms with Crippen molar-refractivity contribution >= 4 is 9.84 Å². The van der Waals surface area contributed by atoms with Gasteiger partial charge in [0.05, 0.1) is 42.3 Å². The molecule has 0 amide bonds. The highest BCUT2D eigenvalue weighted by Gasteiger charge is 2.27. The molecule has 0 saturated carbocycles. The molecule has 0 unspecified atom stereocenters. The van der Waals surface area contributed by atoms with E-state index < -0.39 is 9.84 Å². The van der Waals surface area contributed by atoms with E-state index in [1.54, 1.807) is 0 Å². The van der Waals surface area contributed by atoms with E-state index in [1.807, 2.05) is 42.3 Å². The van der Waals surface area contributed by atoms with Crippen molar-refractivity contribution in [1.82, 2.24) is 0 Å². The minimum atomic E-state index is -2.95. The van der Waals surface area contributed by atoms with Crippen molar-refractivity contribution in [3.63, 3.8) is 0 Å². The smallest absolute Gasteiger partial charge is 0.250 e. The fourth-order valence-corrected chi connectivity index (χ4v) is 3.66. The molecule has 0 aromatic carbocycles. The first-order valence-electron chi connectivity index (χ1n) is 4.23. The van der Waals surface area contributed by atoms with E-state index in [0.29, 0.717) is 8.97 Å². The first-order chi connectivity index (χ1) is 5.41. The Morgan fingerprint density at radius 1 is 0.769 bits per heavy atom. The zero-order chi connectivity index (χ0) is 10.9. The maximum Gasteiger partial charge on any atom is 0.250 e. The lowest BCUT2D eigenvalue weighted by atomic mass is 10.8. The average molecular weight is 210 g/mol. The summed E-state index contributed by atoms with van der Waals surface area (Å²) in [4.78, 5) is 0. The molecule has 0 aliphatic heterocycles. The van der Waals surface area contributed by atoms with Crippen LogP contribution in [0.3, 0.4) is 0 Å². The summed E-state index contributed by atoms with van der Waals surface area (Å²) in [6, 6.07) is 0. The Kier molecular flexibility index (Phi) is 3.52. The Balaban J connectivity index is 4.46. The van der Waals surface area contributed by atoms with Crippen molar-refractivity contribution in [2.45, 2.75) is 0 Å². The molecule has 0 aromatic heterocycles. The molecule has 80 valence electrons. The molecule has 13 heavy (non-hydrogen) atoms. The normalized spacial score (nSPS) is 14.6. The summed E-state index contributed by atoms with van der Waals surface area (Å²) < 4.78 is 24.2. The van der Waals surface area contributed by atoms with Crippen LogP contribution in [0.25, 0.3) is 0 Å². The molecule has 0 atom stereocenters. The second-order valence-electron chi connectivity index (χ2n) is 5.58. The van der Waals surface area contributed by atoms with Crippen LogP contribution in [-0.4, -0.2) is 71.4 Å². The molecule has 0 fully saturated rings. The lowest BCUT2D eigenvalue weighted by Crippen LogP contribution is -2.46. The summed E-state index contributed by atoms with van der Waals surface area (Å²) in [5, 5.41) is 0. The van der Waals surface area contributed by atoms with Gasteiger partial charge in [0, 0.05) is 0 Å². The van der Waals surface area contributed by atoms with Crippen LogP contribution in [0.4, 0.5) is 0 Å². The van der Waals surface area contributed by atoms with Gasteiger partial charge in [0.1, 0.15) is 0 Å². The third-order valence-corrected chi connectivity index (χ3v) is 3.50. The molecule has 0 rings (SSSR count). The molecule has 0 aliphatic carbocycles. The maximum absolute atomic E-state index is 11.6. The highest BCUT2D eigenvalue weighted by atomic mass is 32.2. The van der Waals surface area contributed by atoms with Crippen molar-refractivity contribution in [2.75, 3.05) is 54.0 Å². The Hall–Kier alpha value is -0.130. The predicted octanol–water partition coefficient (Wildman–Crippen LogP) is -0.271. The van der Waals surface area contributed by atoms with Crippen molar-refractivity contribution in [1.29, 1.82) is 0 Å². The SMILES string of the molecule is C[N+](C)(C)CS(=O)(=O)C[N+](C)(C)C. The summed E-state index contributed by atoms with van der Waals surface area (Å²) in [6.07, 6.45) is 0. The summed E-state index contributed by atoms with van der Waals surface area (Å²) in [5.41, 5.74) is 0. The lowest BCUT2D eigenvalue weighted by Gasteiger charge is -2.27. The average Bonchev–Trinajstić information content (AvgIpc) is 1.43. The molecular formula is C8H22N2O2S+2. The van der Waals surface area contributed by atoms with Crippen LogP contribution in [0, 0.1) is 0 Å². The molecule has 0 bridgehead atoms. The Bertz CT molecular complexity index is 235. The molecule has 4 nitrogen and oxygen atoms in total. The van der Waals surface area contributed by atoms with E-state index in [1.165, 1.54) is 0 Å². The van der Waals surface area contributed by atoms with Gasteiger partial charge in [0.15, 0.2) is 11.8 Å². The second kappa shape index (κ2) is 3.55. The quantitative estimate of drug-likeness (QED) is 0.599. The van der Waals surface area contributed by atoms with Gasteiger partial charge in [0.2, 0.25) is 0 Å². The van der Waals surface area contributed by atoms with E-state index in [9.17, 15) is 8.42 Å². The largest absolute Gasteiger partial charge is 0.318 e. The monoisotopic (exact) mass is 210 g/mol. The zero-order valence-corrected chi connectivity index (χ0v) is 10.3. The van der Waals surface area contributed by atoms with Gasteiger partial charge in [-0.2, -0.15) is 0 Å². The van der Waals surface area contributed by atoms with Crippen molar-refractivity contribution in [3.05, 3.63) is 0 Å². The predicted molar refractivity (Wildman–Crippen MR) is 54.7 cm³/mol. The highest BCUT2D eigenvalue weighted by molar-refractivity contribution is 7.90. The van der Waals surface area contributed by atoms with Crippen molar-refractivity contribution in [2.24, 2.45) is 0 Å². The van der Waals surface area contributed by atoms with E-state index >= 15 is 0 Å². The van der Waals surface area contributed by atoms with Crippen LogP contribution in [0.5, 0.6) is 0 Å². The topological polar surface area (TPSA) is 34.1 Å². The summed E-state index contributed by atoms with van der Waals surface area (Å²) in [7, 11) is 8.34. The van der Waals surface area contributed by atoms with Gasteiger partial charge < -0.3 is 8.97 Å². The summed E-state index contributed by atoms with van der Waals surface area (Å²) in [6.45, 7) is 0. The zero-order valence-electron chi connectivity index (χ0n) is 9.53. The fourth-order valence-electron chi connectivity index (χ4n) is 1.22. The van der Waals surface area contributed by atoms with Crippen LogP contribution < -0.4 is 0 Å². The second-order valence-corrected chi connectivity index (χ2v) is 7.59. The number of quaternary nitrogens is 2. The maximum atomic E-state index is 11.6. The fraction of sp³-hybridized carbons (Fsp3) is 1.00. The van der Waals surface area contributed by atoms with Crippen molar-refractivity contribution in [3.8, 4) is 0 Å². The molecule has 0 aliphatic rings. The molecule has 5 heteroatoms. The molecule has 0 radical (unpaired) electrons. The highest BCUT2D eigenvalue weighted by Crippen LogP contribution is 2.03. The summed E-state index contributed by atoms with van der Waals surface area (Å²) >= 11 is 0. The van der Waals surface area contributed by atoms with Gasteiger partial charge >= 0.3 is 0 Å². The van der Waals surface area contributed by atoms with Gasteiger partial charge in [-0.15, -0.1) is 0 Å². The van der Waals surface area contributed by atoms with Crippen LogP contribution in [0.1, 0.15) is 0 Å². The number of rotatable bonds is 4. The molecule has 0 spiro atoms. The van der Waals surface area contributed by atoms with Crippen LogP contribution in [0.2, 0.25) is 0 Å². The minimum absolute atomic E-state index is 0.197. The molecular weight excluding hydrogens is 188 g/mol. The number of nitrogens with zero attached hydrogens (tertiary/aromatic N) is 2. The van der Waals surface area contributed by atoms with Gasteiger partial charge in [-0.25, -0.2) is 8.42 Å². The van der Waals surface area contributed by atoms with Crippen LogP contribution >= 0.6 is 0 Å². The van der Waals surface area contributed by atoms with Gasteiger partial charge in [-0.3, -0.25) is 0 Å². The van der Waals surface area contributed by atoms with E-state index in [2.05, 4.69) is 0 Å². The van der Waals surface area contributed by atoms with E-state index in [-0.39, 0.29) is 11.8 Å². The molecule has 0 N–H and O–H groups in total. The van der Waals surface area contributed by atoms with E-state index in [4.69, 9.17) is 0 Å². The Morgan fingerprint density at radius 3 is 1.15 bits per heavy atom.